The minimum absolute atomic E-state index is 0.0497. The highest BCUT2D eigenvalue weighted by molar-refractivity contribution is 6.00. The number of nitrogens with one attached hydrogen (secondary N) is 1. The van der Waals surface area contributed by atoms with Gasteiger partial charge in [-0.1, -0.05) is 17.1 Å². The maximum Gasteiger partial charge on any atom is 0.278 e. The van der Waals surface area contributed by atoms with Crippen LogP contribution in [0.15, 0.2) is 53.7 Å². The smallest absolute Gasteiger partial charge is 0.278 e. The van der Waals surface area contributed by atoms with E-state index in [9.17, 15) is 9.59 Å². The van der Waals surface area contributed by atoms with Crippen molar-refractivity contribution in [2.24, 2.45) is 0 Å². The number of nitrogen functional groups attached to an aromatic ring is 1. The molecule has 1 aliphatic rings. The summed E-state index contributed by atoms with van der Waals surface area (Å²) in [7, 11) is 0. The van der Waals surface area contributed by atoms with Crippen LogP contribution < -0.4 is 21.2 Å². The van der Waals surface area contributed by atoms with Crippen LogP contribution in [-0.2, 0) is 17.8 Å². The second-order valence-corrected chi connectivity index (χ2v) is 8.27. The third kappa shape index (κ3) is 3.91. The summed E-state index contributed by atoms with van der Waals surface area (Å²) in [6, 6.07) is 8.93. The summed E-state index contributed by atoms with van der Waals surface area (Å²) in [5.74, 6) is -0.111. The van der Waals surface area contributed by atoms with Gasteiger partial charge in [-0.3, -0.25) is 19.0 Å². The predicted molar refractivity (Wildman–Crippen MR) is 123 cm³/mol. The molecule has 0 bridgehead atoms. The van der Waals surface area contributed by atoms with E-state index in [1.54, 1.807) is 41.4 Å². The summed E-state index contributed by atoms with van der Waals surface area (Å²) in [5.41, 5.74) is 9.24. The van der Waals surface area contributed by atoms with E-state index < -0.39 is 0 Å². The molecular weight excluding hydrogens is 420 g/mol. The van der Waals surface area contributed by atoms with Crippen LogP contribution in [0.3, 0.4) is 0 Å². The Bertz CT molecular complexity index is 1410. The number of fused-ring (bicyclic) bond motifs is 2. The molecule has 1 fully saturated rings. The fourth-order valence-electron chi connectivity index (χ4n) is 4.25. The summed E-state index contributed by atoms with van der Waals surface area (Å²) < 4.78 is 9.06. The van der Waals surface area contributed by atoms with Gasteiger partial charge in [0, 0.05) is 37.3 Å². The molecule has 1 atom stereocenters. The number of nitrogens with two attached hydrogens (primary N) is 1. The lowest BCUT2D eigenvalue weighted by Gasteiger charge is -2.15. The van der Waals surface area contributed by atoms with Gasteiger partial charge >= 0.3 is 0 Å². The number of carbonyl (C=O) groups excluding carboxylic acids is 1. The summed E-state index contributed by atoms with van der Waals surface area (Å²) in [5, 5.41) is 3.20. The van der Waals surface area contributed by atoms with E-state index in [-0.39, 0.29) is 29.0 Å². The average Bonchev–Trinajstić information content (AvgIpc) is 3.34. The van der Waals surface area contributed by atoms with Gasteiger partial charge in [0.05, 0.1) is 12.6 Å². The lowest BCUT2D eigenvalue weighted by Crippen LogP contribution is -2.46. The van der Waals surface area contributed by atoms with E-state index in [0.29, 0.717) is 36.4 Å². The van der Waals surface area contributed by atoms with Gasteiger partial charge in [-0.2, -0.15) is 0 Å². The summed E-state index contributed by atoms with van der Waals surface area (Å²) in [4.78, 5) is 35.4. The van der Waals surface area contributed by atoms with Crippen LogP contribution in [0, 0.1) is 6.92 Å². The highest BCUT2D eigenvalue weighted by Gasteiger charge is 2.28. The van der Waals surface area contributed by atoms with E-state index in [0.717, 1.165) is 24.0 Å². The SMILES string of the molecule is Cc1cccn2c(=O)c3cc(C(=O)NCc4cccnc4)c(N)[n+](C[C@H]4CCCO4)c3nc12. The van der Waals surface area contributed by atoms with Crippen molar-refractivity contribution >= 4 is 28.4 Å². The number of aryl methyl sites for hydroxylation is 1. The number of nitrogens with zero attached hydrogens (tertiary/aromatic N) is 4. The fourth-order valence-corrected chi connectivity index (χ4v) is 4.25. The second-order valence-electron chi connectivity index (χ2n) is 8.27. The van der Waals surface area contributed by atoms with Crippen molar-refractivity contribution in [3.8, 4) is 0 Å². The molecule has 168 valence electrons. The molecule has 4 aromatic heterocycles. The third-order valence-electron chi connectivity index (χ3n) is 6.01. The van der Waals surface area contributed by atoms with Crippen LogP contribution in [0.1, 0.15) is 34.3 Å². The molecule has 1 aliphatic heterocycles. The quantitative estimate of drug-likeness (QED) is 0.356. The number of hydrogen-bond donors (Lipinski definition) is 2. The van der Waals surface area contributed by atoms with Crippen molar-refractivity contribution in [1.82, 2.24) is 19.7 Å². The Hall–Kier alpha value is -3.85. The molecule has 4 aromatic rings. The summed E-state index contributed by atoms with van der Waals surface area (Å²) >= 11 is 0. The molecule has 9 nitrogen and oxygen atoms in total. The zero-order valence-corrected chi connectivity index (χ0v) is 18.3. The predicted octanol–water partition coefficient (Wildman–Crippen LogP) is 1.53. The Kier molecular flexibility index (Phi) is 5.47. The van der Waals surface area contributed by atoms with Crippen molar-refractivity contribution < 1.29 is 14.1 Å². The normalized spacial score (nSPS) is 15.8. The average molecular weight is 446 g/mol. The first-order valence-electron chi connectivity index (χ1n) is 11.0. The number of ether oxygens (including phenoxy) is 1. The molecule has 5 heterocycles. The standard InChI is InChI=1S/C24H24N6O3/c1-15-5-3-9-29-21(15)28-22-19(24(29)32)11-18(20(25)30(22)14-17-7-4-10-33-17)23(31)27-13-16-6-2-8-26-12-16/h2-3,5-6,8-9,11-12,17,25H,4,7,10,13-14H2,1H3,(H,27,31)/p+1/t17-/m1/s1. The van der Waals surface area contributed by atoms with E-state index >= 15 is 0 Å². The molecule has 0 radical (unpaired) electrons. The number of amides is 1. The van der Waals surface area contributed by atoms with Gasteiger partial charge in [0.1, 0.15) is 10.9 Å². The number of anilines is 1. The van der Waals surface area contributed by atoms with Crippen LogP contribution in [0.2, 0.25) is 0 Å². The minimum Gasteiger partial charge on any atom is -0.375 e. The number of aromatic nitrogens is 4. The summed E-state index contributed by atoms with van der Waals surface area (Å²) in [6.45, 7) is 3.30. The van der Waals surface area contributed by atoms with Crippen LogP contribution in [0.25, 0.3) is 16.7 Å². The summed E-state index contributed by atoms with van der Waals surface area (Å²) in [6.07, 6.45) is 6.84. The largest absolute Gasteiger partial charge is 0.375 e. The molecule has 0 saturated carbocycles. The van der Waals surface area contributed by atoms with E-state index in [1.807, 2.05) is 19.1 Å². The van der Waals surface area contributed by atoms with Crippen LogP contribution in [-0.4, -0.2) is 33.0 Å². The molecule has 33 heavy (non-hydrogen) atoms. The van der Waals surface area contributed by atoms with Crippen molar-refractivity contribution in [3.05, 3.63) is 76.0 Å². The van der Waals surface area contributed by atoms with Crippen LogP contribution >= 0.6 is 0 Å². The van der Waals surface area contributed by atoms with Gasteiger partial charge < -0.3 is 15.8 Å². The molecule has 1 saturated heterocycles. The molecule has 0 aromatic carbocycles. The monoisotopic (exact) mass is 445 g/mol. The Morgan fingerprint density at radius 3 is 3.00 bits per heavy atom. The van der Waals surface area contributed by atoms with Crippen molar-refractivity contribution in [1.29, 1.82) is 0 Å². The van der Waals surface area contributed by atoms with Gasteiger partial charge in [0.15, 0.2) is 0 Å². The van der Waals surface area contributed by atoms with Crippen molar-refractivity contribution in [3.63, 3.8) is 0 Å². The number of carbonyl (C=O) groups is 1. The fraction of sp³-hybridized carbons (Fsp3) is 0.292. The first-order chi connectivity index (χ1) is 16.0. The van der Waals surface area contributed by atoms with Crippen molar-refractivity contribution in [2.75, 3.05) is 12.3 Å². The minimum atomic E-state index is -0.368. The van der Waals surface area contributed by atoms with Gasteiger partial charge in [-0.25, -0.2) is 4.57 Å². The van der Waals surface area contributed by atoms with Gasteiger partial charge in [0.25, 0.3) is 17.1 Å². The van der Waals surface area contributed by atoms with E-state index in [1.165, 1.54) is 4.40 Å². The molecule has 3 N–H and O–H groups in total. The lowest BCUT2D eigenvalue weighted by molar-refractivity contribution is -0.666. The molecule has 9 heteroatoms. The van der Waals surface area contributed by atoms with E-state index in [2.05, 4.69) is 10.3 Å². The lowest BCUT2D eigenvalue weighted by atomic mass is 10.1. The van der Waals surface area contributed by atoms with Crippen molar-refractivity contribution in [2.45, 2.75) is 39.0 Å². The first kappa shape index (κ1) is 21.0. The maximum atomic E-state index is 13.4. The van der Waals surface area contributed by atoms with Crippen LogP contribution in [0.5, 0.6) is 0 Å². The van der Waals surface area contributed by atoms with Gasteiger partial charge in [-0.05, 0) is 43.5 Å². The third-order valence-corrected chi connectivity index (χ3v) is 6.01. The topological polar surface area (TPSA) is 115 Å². The Labute approximate surface area is 189 Å². The molecule has 0 aliphatic carbocycles. The maximum absolute atomic E-state index is 13.4. The van der Waals surface area contributed by atoms with Crippen LogP contribution in [0.4, 0.5) is 5.82 Å². The molecular formula is C24H25N6O3+. The highest BCUT2D eigenvalue weighted by Crippen LogP contribution is 2.19. The molecule has 0 spiro atoms. The zero-order valence-electron chi connectivity index (χ0n) is 18.3. The number of pyridine rings is 3. The molecule has 0 unspecified atom stereocenters. The molecule has 1 amide bonds. The zero-order chi connectivity index (χ0) is 22.9. The first-order valence-corrected chi connectivity index (χ1v) is 11.0. The van der Waals surface area contributed by atoms with E-state index in [4.69, 9.17) is 15.5 Å². The number of hydrogen-bond acceptors (Lipinski definition) is 6. The highest BCUT2D eigenvalue weighted by atomic mass is 16.5. The number of rotatable bonds is 5. The Balaban J connectivity index is 1.65. The Morgan fingerprint density at radius 1 is 1.36 bits per heavy atom. The van der Waals surface area contributed by atoms with Gasteiger partial charge in [-0.15, -0.1) is 0 Å². The molecule has 5 rings (SSSR count). The van der Waals surface area contributed by atoms with Gasteiger partial charge in [0.2, 0.25) is 11.5 Å². The second kappa shape index (κ2) is 8.59. The Morgan fingerprint density at radius 2 is 2.24 bits per heavy atom.